The van der Waals surface area contributed by atoms with Gasteiger partial charge < -0.3 is 0 Å². The number of carbonyl (C=O) groups is 2. The molecule has 2 heteroatoms. The van der Waals surface area contributed by atoms with Gasteiger partial charge in [-0.1, -0.05) is 6.42 Å². The fraction of sp³-hybridized carbons (Fsp3) is 0.778. The van der Waals surface area contributed by atoms with E-state index in [1.807, 2.05) is 0 Å². The number of hydrogen-bond donors (Lipinski definition) is 0. The van der Waals surface area contributed by atoms with Gasteiger partial charge in [0.1, 0.15) is 0 Å². The molecule has 60 valence electrons. The fourth-order valence-corrected chi connectivity index (χ4v) is 2.30. The first-order valence-electron chi connectivity index (χ1n) is 4.34. The first-order valence-corrected chi connectivity index (χ1v) is 4.34. The van der Waals surface area contributed by atoms with Gasteiger partial charge >= 0.3 is 0 Å². The Bertz CT molecular complexity index is 208. The van der Waals surface area contributed by atoms with Crippen LogP contribution in [-0.2, 0) is 9.59 Å². The quantitative estimate of drug-likeness (QED) is 0.491. The topological polar surface area (TPSA) is 34.1 Å². The minimum atomic E-state index is -0.106. The molecular formula is C9H12O2. The third kappa shape index (κ3) is 1.10. The van der Waals surface area contributed by atoms with E-state index in [2.05, 4.69) is 0 Å². The van der Waals surface area contributed by atoms with Gasteiger partial charge in [0.15, 0.2) is 5.78 Å². The van der Waals surface area contributed by atoms with E-state index in [1.54, 1.807) is 0 Å². The van der Waals surface area contributed by atoms with E-state index >= 15 is 0 Å². The van der Waals surface area contributed by atoms with E-state index in [0.29, 0.717) is 12.3 Å². The van der Waals surface area contributed by atoms with Gasteiger partial charge in [0, 0.05) is 12.3 Å². The van der Waals surface area contributed by atoms with Crippen molar-refractivity contribution in [1.82, 2.24) is 0 Å². The Morgan fingerprint density at radius 3 is 2.82 bits per heavy atom. The van der Waals surface area contributed by atoms with Crippen LogP contribution < -0.4 is 0 Å². The molecule has 0 saturated heterocycles. The molecule has 2 rings (SSSR count). The molecule has 2 aliphatic rings. The molecule has 2 nitrogen and oxygen atoms in total. The minimum absolute atomic E-state index is 0.0825. The predicted octanol–water partition coefficient (Wildman–Crippen LogP) is 1.33. The van der Waals surface area contributed by atoms with Gasteiger partial charge in [-0.3, -0.25) is 9.59 Å². The summed E-state index contributed by atoms with van der Waals surface area (Å²) in [5, 5.41) is 0. The van der Waals surface area contributed by atoms with Crippen molar-refractivity contribution in [2.24, 2.45) is 11.8 Å². The second-order valence-electron chi connectivity index (χ2n) is 3.72. The van der Waals surface area contributed by atoms with Crippen LogP contribution in [0, 0.1) is 11.8 Å². The molecule has 2 fully saturated rings. The van der Waals surface area contributed by atoms with Crippen molar-refractivity contribution in [3.05, 3.63) is 0 Å². The molecule has 0 aromatic rings. The summed E-state index contributed by atoms with van der Waals surface area (Å²) in [5.41, 5.74) is 0. The SMILES string of the molecule is O=C1CC2CCCC(C2)C1=O. The number of ketones is 2. The van der Waals surface area contributed by atoms with Crippen LogP contribution in [0.15, 0.2) is 0 Å². The summed E-state index contributed by atoms with van der Waals surface area (Å²) in [6.07, 6.45) is 4.80. The lowest BCUT2D eigenvalue weighted by atomic mass is 9.71. The van der Waals surface area contributed by atoms with Crippen molar-refractivity contribution in [2.45, 2.75) is 32.1 Å². The van der Waals surface area contributed by atoms with Crippen molar-refractivity contribution in [2.75, 3.05) is 0 Å². The molecule has 2 bridgehead atoms. The Kier molecular flexibility index (Phi) is 1.55. The molecule has 0 amide bonds. The van der Waals surface area contributed by atoms with Crippen LogP contribution in [0.2, 0.25) is 0 Å². The monoisotopic (exact) mass is 152 g/mol. The van der Waals surface area contributed by atoms with Crippen molar-refractivity contribution >= 4 is 11.6 Å². The lowest BCUT2D eigenvalue weighted by Crippen LogP contribution is -2.36. The molecule has 0 spiro atoms. The molecule has 0 N–H and O–H groups in total. The first-order chi connectivity index (χ1) is 5.27. The molecule has 0 heterocycles. The molecule has 2 unspecified atom stereocenters. The highest BCUT2D eigenvalue weighted by Gasteiger charge is 2.37. The van der Waals surface area contributed by atoms with Gasteiger partial charge in [-0.2, -0.15) is 0 Å². The summed E-state index contributed by atoms with van der Waals surface area (Å²) < 4.78 is 0. The maximum atomic E-state index is 11.2. The summed E-state index contributed by atoms with van der Waals surface area (Å²) in [5.74, 6) is 0.459. The predicted molar refractivity (Wildman–Crippen MR) is 40.1 cm³/mol. The maximum Gasteiger partial charge on any atom is 0.201 e. The van der Waals surface area contributed by atoms with Crippen LogP contribution in [0.25, 0.3) is 0 Å². The summed E-state index contributed by atoms with van der Waals surface area (Å²) in [7, 11) is 0. The summed E-state index contributed by atoms with van der Waals surface area (Å²) in [4.78, 5) is 22.2. The zero-order valence-electron chi connectivity index (χ0n) is 6.51. The number of fused-ring (bicyclic) bond motifs is 2. The van der Waals surface area contributed by atoms with Crippen molar-refractivity contribution in [3.8, 4) is 0 Å². The minimum Gasteiger partial charge on any atom is -0.291 e. The number of Topliss-reactive ketones (excluding diaryl/α,β-unsaturated/α-hetero) is 2. The van der Waals surface area contributed by atoms with Crippen LogP contribution in [-0.4, -0.2) is 11.6 Å². The van der Waals surface area contributed by atoms with E-state index < -0.39 is 0 Å². The van der Waals surface area contributed by atoms with E-state index in [4.69, 9.17) is 0 Å². The van der Waals surface area contributed by atoms with Crippen molar-refractivity contribution in [1.29, 1.82) is 0 Å². The molecule has 2 atom stereocenters. The van der Waals surface area contributed by atoms with Gasteiger partial charge in [-0.05, 0) is 25.2 Å². The Morgan fingerprint density at radius 2 is 2.00 bits per heavy atom. The van der Waals surface area contributed by atoms with Gasteiger partial charge in [-0.15, -0.1) is 0 Å². The lowest BCUT2D eigenvalue weighted by Gasteiger charge is -2.31. The number of hydrogen-bond acceptors (Lipinski definition) is 2. The highest BCUT2D eigenvalue weighted by molar-refractivity contribution is 6.38. The number of carbonyl (C=O) groups excluding carboxylic acids is 2. The van der Waals surface area contributed by atoms with Crippen LogP contribution in [0.4, 0.5) is 0 Å². The van der Waals surface area contributed by atoms with Crippen LogP contribution >= 0.6 is 0 Å². The van der Waals surface area contributed by atoms with Gasteiger partial charge in [0.2, 0.25) is 5.78 Å². The number of rotatable bonds is 0. The summed E-state index contributed by atoms with van der Waals surface area (Å²) >= 11 is 0. The molecule has 2 aliphatic carbocycles. The summed E-state index contributed by atoms with van der Waals surface area (Å²) in [6, 6.07) is 0. The molecule has 0 aliphatic heterocycles. The van der Waals surface area contributed by atoms with Crippen LogP contribution in [0.5, 0.6) is 0 Å². The van der Waals surface area contributed by atoms with Crippen LogP contribution in [0.3, 0.4) is 0 Å². The normalized spacial score (nSPS) is 37.5. The third-order valence-electron chi connectivity index (χ3n) is 2.90. The molecule has 0 aromatic heterocycles. The first kappa shape index (κ1) is 7.01. The molecule has 0 radical (unpaired) electrons. The lowest BCUT2D eigenvalue weighted by molar-refractivity contribution is -0.143. The van der Waals surface area contributed by atoms with Crippen molar-refractivity contribution < 1.29 is 9.59 Å². The maximum absolute atomic E-state index is 11.2. The van der Waals surface area contributed by atoms with Crippen molar-refractivity contribution in [3.63, 3.8) is 0 Å². The zero-order valence-corrected chi connectivity index (χ0v) is 6.51. The Balaban J connectivity index is 2.17. The molecular weight excluding hydrogens is 140 g/mol. The molecule has 2 saturated carbocycles. The van der Waals surface area contributed by atoms with E-state index in [1.165, 1.54) is 0 Å². The zero-order chi connectivity index (χ0) is 7.84. The average molecular weight is 152 g/mol. The standard InChI is InChI=1S/C9H12O2/c10-8-5-6-2-1-3-7(4-6)9(8)11/h6-7H,1-5H2. The highest BCUT2D eigenvalue weighted by Crippen LogP contribution is 2.36. The smallest absolute Gasteiger partial charge is 0.201 e. The van der Waals surface area contributed by atoms with E-state index in [0.717, 1.165) is 25.7 Å². The Morgan fingerprint density at radius 1 is 1.18 bits per heavy atom. The third-order valence-corrected chi connectivity index (χ3v) is 2.90. The Hall–Kier alpha value is -0.660. The molecule has 11 heavy (non-hydrogen) atoms. The van der Waals surface area contributed by atoms with Gasteiger partial charge in [0.05, 0.1) is 0 Å². The van der Waals surface area contributed by atoms with Gasteiger partial charge in [-0.25, -0.2) is 0 Å². The average Bonchev–Trinajstić information content (AvgIpc) is 2.01. The second-order valence-corrected chi connectivity index (χ2v) is 3.72. The van der Waals surface area contributed by atoms with Crippen LogP contribution in [0.1, 0.15) is 32.1 Å². The van der Waals surface area contributed by atoms with E-state index in [9.17, 15) is 9.59 Å². The highest BCUT2D eigenvalue weighted by atomic mass is 16.2. The largest absolute Gasteiger partial charge is 0.291 e. The molecule has 0 aromatic carbocycles. The van der Waals surface area contributed by atoms with Gasteiger partial charge in [0.25, 0.3) is 0 Å². The fourth-order valence-electron chi connectivity index (χ4n) is 2.30. The summed E-state index contributed by atoms with van der Waals surface area (Å²) in [6.45, 7) is 0. The second kappa shape index (κ2) is 2.43. The van der Waals surface area contributed by atoms with E-state index in [-0.39, 0.29) is 17.5 Å². The Labute approximate surface area is 66.0 Å².